The van der Waals surface area contributed by atoms with Gasteiger partial charge in [-0.15, -0.1) is 0 Å². The third-order valence-electron chi connectivity index (χ3n) is 2.62. The lowest BCUT2D eigenvalue weighted by Gasteiger charge is -2.13. The van der Waals surface area contributed by atoms with Crippen molar-refractivity contribution < 1.29 is 17.6 Å². The Balaban J connectivity index is 2.29. The van der Waals surface area contributed by atoms with E-state index in [9.17, 15) is 17.6 Å². The molecule has 0 bridgehead atoms. The number of aromatic nitrogens is 1. The normalized spacial score (nSPS) is 10.8. The molecule has 0 aliphatic heterocycles. The minimum Gasteiger partial charge on any atom is -0.354 e. The molecule has 0 aliphatic rings. The number of amides is 1. The van der Waals surface area contributed by atoms with Crippen LogP contribution >= 0.6 is 0 Å². The molecule has 0 fully saturated rings. The van der Waals surface area contributed by atoms with E-state index in [1.54, 1.807) is 6.07 Å². The highest BCUT2D eigenvalue weighted by atomic mass is 32.2. The number of anilines is 3. The number of carbonyl (C=O) groups is 1. The van der Waals surface area contributed by atoms with Crippen LogP contribution in [-0.4, -0.2) is 25.7 Å². The zero-order valence-corrected chi connectivity index (χ0v) is 12.3. The van der Waals surface area contributed by atoms with Gasteiger partial charge in [0.05, 0.1) is 17.6 Å². The van der Waals surface area contributed by atoms with E-state index in [-0.39, 0.29) is 5.69 Å². The van der Waals surface area contributed by atoms with Crippen LogP contribution in [0.5, 0.6) is 0 Å². The molecule has 2 rings (SSSR count). The first-order chi connectivity index (χ1) is 10.4. The first kappa shape index (κ1) is 15.7. The summed E-state index contributed by atoms with van der Waals surface area (Å²) < 4.78 is 38.8. The minimum atomic E-state index is -4.24. The summed E-state index contributed by atoms with van der Waals surface area (Å²) in [6.07, 6.45) is 2.67. The fourth-order valence-corrected chi connectivity index (χ4v) is 2.45. The topological polar surface area (TPSA) is 100 Å². The number of carbonyl (C=O) groups excluding carboxylic acids is 1. The molecule has 0 radical (unpaired) electrons. The molecule has 2 aromatic rings. The Morgan fingerprint density at radius 2 is 2.00 bits per heavy atom. The van der Waals surface area contributed by atoms with E-state index in [0.29, 0.717) is 11.4 Å². The van der Waals surface area contributed by atoms with Crippen molar-refractivity contribution in [2.75, 3.05) is 17.1 Å². The highest BCUT2D eigenvalue weighted by Gasteiger charge is 2.21. The Labute approximate surface area is 126 Å². The molecule has 1 amide bonds. The Hall–Kier alpha value is -2.68. The van der Waals surface area contributed by atoms with Crippen molar-refractivity contribution in [3.8, 4) is 0 Å². The van der Waals surface area contributed by atoms with Gasteiger partial charge in [0.15, 0.2) is 0 Å². The van der Waals surface area contributed by atoms with Crippen LogP contribution in [0, 0.1) is 5.82 Å². The van der Waals surface area contributed by atoms with E-state index in [1.165, 1.54) is 43.7 Å². The van der Waals surface area contributed by atoms with Crippen molar-refractivity contribution >= 4 is 32.3 Å². The van der Waals surface area contributed by atoms with E-state index >= 15 is 0 Å². The van der Waals surface area contributed by atoms with Gasteiger partial charge in [-0.3, -0.25) is 14.5 Å². The Morgan fingerprint density at radius 1 is 1.23 bits per heavy atom. The Kier molecular flexibility index (Phi) is 4.56. The average molecular weight is 324 g/mol. The predicted octanol–water partition coefficient (Wildman–Crippen LogP) is 2.05. The second-order valence-electron chi connectivity index (χ2n) is 4.20. The second-order valence-corrected chi connectivity index (χ2v) is 5.78. The molecule has 0 saturated carbocycles. The number of benzene rings is 1. The van der Waals surface area contributed by atoms with Gasteiger partial charge in [0, 0.05) is 18.9 Å². The van der Waals surface area contributed by atoms with E-state index in [4.69, 9.17) is 0 Å². The standard InChI is InChI=1S/C13H13FN4O3S/c1-15-13(19)22(20,21)18-12-8-16-6-5-11(12)17-10-4-2-3-9(14)7-10/h2-8,18H,1H3,(H,15,19)(H,16,17). The second kappa shape index (κ2) is 6.39. The summed E-state index contributed by atoms with van der Waals surface area (Å²) in [5.41, 5.74) is 0.815. The van der Waals surface area contributed by atoms with Crippen LogP contribution in [0.4, 0.5) is 26.2 Å². The highest BCUT2D eigenvalue weighted by molar-refractivity contribution is 8.07. The summed E-state index contributed by atoms with van der Waals surface area (Å²) in [5.74, 6) is -0.438. The van der Waals surface area contributed by atoms with Gasteiger partial charge in [-0.1, -0.05) is 6.07 Å². The SMILES string of the molecule is CNC(=O)S(=O)(=O)Nc1cnccc1Nc1cccc(F)c1. The monoisotopic (exact) mass is 324 g/mol. The first-order valence-corrected chi connectivity index (χ1v) is 7.62. The molecule has 1 heterocycles. The number of rotatable bonds is 4. The lowest BCUT2D eigenvalue weighted by Crippen LogP contribution is -2.31. The van der Waals surface area contributed by atoms with Gasteiger partial charge in [0.2, 0.25) is 0 Å². The van der Waals surface area contributed by atoms with Crippen LogP contribution < -0.4 is 15.4 Å². The van der Waals surface area contributed by atoms with Gasteiger partial charge in [-0.05, 0) is 24.3 Å². The van der Waals surface area contributed by atoms with Gasteiger partial charge < -0.3 is 10.6 Å². The maximum Gasteiger partial charge on any atom is 0.356 e. The summed E-state index contributed by atoms with van der Waals surface area (Å²) in [7, 11) is -3.04. The number of hydrogen-bond acceptors (Lipinski definition) is 5. The fraction of sp³-hybridized carbons (Fsp3) is 0.0769. The molecule has 0 unspecified atom stereocenters. The molecule has 1 aromatic carbocycles. The van der Waals surface area contributed by atoms with Gasteiger partial charge in [-0.2, -0.15) is 8.42 Å². The van der Waals surface area contributed by atoms with E-state index in [2.05, 4.69) is 15.0 Å². The molecule has 0 saturated heterocycles. The average Bonchev–Trinajstić information content (AvgIpc) is 2.48. The predicted molar refractivity (Wildman–Crippen MR) is 80.9 cm³/mol. The van der Waals surface area contributed by atoms with Crippen LogP contribution in [0.25, 0.3) is 0 Å². The van der Waals surface area contributed by atoms with E-state index in [1.807, 2.05) is 5.32 Å². The molecule has 1 aromatic heterocycles. The zero-order chi connectivity index (χ0) is 16.2. The number of halogens is 1. The lowest BCUT2D eigenvalue weighted by atomic mass is 10.3. The van der Waals surface area contributed by atoms with Gasteiger partial charge >= 0.3 is 15.3 Å². The number of nitrogens with one attached hydrogen (secondary N) is 3. The number of pyridine rings is 1. The number of sulfonamides is 1. The van der Waals surface area contributed by atoms with Crippen LogP contribution in [0.3, 0.4) is 0 Å². The summed E-state index contributed by atoms with van der Waals surface area (Å²) in [6.45, 7) is 0. The molecule has 0 aliphatic carbocycles. The van der Waals surface area contributed by atoms with Crippen molar-refractivity contribution in [2.45, 2.75) is 0 Å². The molecular formula is C13H13FN4O3S. The van der Waals surface area contributed by atoms with Crippen molar-refractivity contribution in [1.29, 1.82) is 0 Å². The molecule has 22 heavy (non-hydrogen) atoms. The summed E-state index contributed by atoms with van der Waals surface area (Å²) in [5, 5.41) is 3.70. The minimum absolute atomic E-state index is 0.0651. The molecular weight excluding hydrogens is 311 g/mol. The van der Waals surface area contributed by atoms with Crippen molar-refractivity contribution in [3.63, 3.8) is 0 Å². The van der Waals surface area contributed by atoms with E-state index < -0.39 is 21.1 Å². The summed E-state index contributed by atoms with van der Waals surface area (Å²) >= 11 is 0. The van der Waals surface area contributed by atoms with E-state index in [0.717, 1.165) is 0 Å². The van der Waals surface area contributed by atoms with Crippen molar-refractivity contribution in [2.24, 2.45) is 0 Å². The Bertz CT molecular complexity index is 795. The van der Waals surface area contributed by atoms with Crippen molar-refractivity contribution in [3.05, 3.63) is 48.5 Å². The maximum absolute atomic E-state index is 13.2. The largest absolute Gasteiger partial charge is 0.356 e. The molecule has 3 N–H and O–H groups in total. The first-order valence-electron chi connectivity index (χ1n) is 6.13. The molecule has 116 valence electrons. The lowest BCUT2D eigenvalue weighted by molar-refractivity contribution is 0.260. The summed E-state index contributed by atoms with van der Waals surface area (Å²) in [6, 6.07) is 7.14. The van der Waals surface area contributed by atoms with Gasteiger partial charge in [0.1, 0.15) is 5.82 Å². The Morgan fingerprint density at radius 3 is 2.68 bits per heavy atom. The fourth-order valence-electron chi connectivity index (χ4n) is 1.63. The summed E-state index contributed by atoms with van der Waals surface area (Å²) in [4.78, 5) is 15.1. The van der Waals surface area contributed by atoms with Crippen LogP contribution in [0.1, 0.15) is 0 Å². The smallest absolute Gasteiger partial charge is 0.354 e. The van der Waals surface area contributed by atoms with Crippen LogP contribution in [0.15, 0.2) is 42.7 Å². The number of hydrogen-bond donors (Lipinski definition) is 3. The van der Waals surface area contributed by atoms with Crippen molar-refractivity contribution in [1.82, 2.24) is 10.3 Å². The third-order valence-corrected chi connectivity index (χ3v) is 3.80. The number of nitrogens with zero attached hydrogens (tertiary/aromatic N) is 1. The molecule has 9 heteroatoms. The van der Waals surface area contributed by atoms with Crippen LogP contribution in [-0.2, 0) is 10.0 Å². The van der Waals surface area contributed by atoms with Gasteiger partial charge in [0.25, 0.3) is 0 Å². The van der Waals surface area contributed by atoms with Gasteiger partial charge in [-0.25, -0.2) is 4.39 Å². The quantitative estimate of drug-likeness (QED) is 0.799. The zero-order valence-electron chi connectivity index (χ0n) is 11.5. The highest BCUT2D eigenvalue weighted by Crippen LogP contribution is 2.25. The maximum atomic E-state index is 13.2. The van der Waals surface area contributed by atoms with Crippen LogP contribution in [0.2, 0.25) is 0 Å². The molecule has 0 spiro atoms. The third kappa shape index (κ3) is 3.70. The molecule has 0 atom stereocenters. The molecule has 7 nitrogen and oxygen atoms in total.